The second kappa shape index (κ2) is 4.15. The predicted molar refractivity (Wildman–Crippen MR) is 54.1 cm³/mol. The van der Waals surface area contributed by atoms with Crippen LogP contribution in [0.2, 0.25) is 0 Å². The van der Waals surface area contributed by atoms with Gasteiger partial charge in [0.05, 0.1) is 13.2 Å². The van der Waals surface area contributed by atoms with Crippen LogP contribution in [0.4, 0.5) is 4.39 Å². The molecule has 1 heterocycles. The average Bonchev–Trinajstić information content (AvgIpc) is 2.00. The monoisotopic (exact) mass is 201 g/mol. The largest absolute Gasteiger partial charge is 0.379 e. The van der Waals surface area contributed by atoms with Crippen LogP contribution in [0.3, 0.4) is 0 Å². The Balaban J connectivity index is 1.81. The molecule has 1 saturated carbocycles. The van der Waals surface area contributed by atoms with Crippen molar-refractivity contribution >= 4 is 0 Å². The van der Waals surface area contributed by atoms with E-state index in [2.05, 4.69) is 5.32 Å². The van der Waals surface area contributed by atoms with Crippen LogP contribution in [-0.4, -0.2) is 31.5 Å². The summed E-state index contributed by atoms with van der Waals surface area (Å²) in [5, 5.41) is 3.31. The van der Waals surface area contributed by atoms with Crippen LogP contribution in [-0.2, 0) is 4.74 Å². The normalized spacial score (nSPS) is 33.4. The first-order chi connectivity index (χ1) is 6.68. The fraction of sp³-hybridized carbons (Fsp3) is 1.00. The summed E-state index contributed by atoms with van der Waals surface area (Å²) in [4.78, 5) is 0. The maximum Gasteiger partial charge on any atom is 0.112 e. The van der Waals surface area contributed by atoms with Crippen molar-refractivity contribution in [3.05, 3.63) is 0 Å². The van der Waals surface area contributed by atoms with Crippen LogP contribution in [0.15, 0.2) is 0 Å². The quantitative estimate of drug-likeness (QED) is 0.753. The molecule has 14 heavy (non-hydrogen) atoms. The molecular formula is C11H20FNO. The number of nitrogens with one attached hydrogen (secondary N) is 1. The van der Waals surface area contributed by atoms with Gasteiger partial charge in [0.2, 0.25) is 0 Å². The number of morpholine rings is 1. The van der Waals surface area contributed by atoms with E-state index < -0.39 is 5.67 Å². The molecule has 0 aromatic heterocycles. The SMILES string of the molecule is CC(F)(CC1COCCN1)C1CCC1. The predicted octanol–water partition coefficient (Wildman–Crippen LogP) is 1.89. The summed E-state index contributed by atoms with van der Waals surface area (Å²) in [5.41, 5.74) is -0.989. The molecule has 0 aromatic carbocycles. The lowest BCUT2D eigenvalue weighted by molar-refractivity contribution is 0.00264. The Morgan fingerprint density at radius 2 is 2.29 bits per heavy atom. The van der Waals surface area contributed by atoms with Gasteiger partial charge in [-0.05, 0) is 32.1 Å². The Bertz CT molecular complexity index is 186. The second-order valence-corrected chi connectivity index (χ2v) is 4.84. The van der Waals surface area contributed by atoms with Crippen molar-refractivity contribution in [3.8, 4) is 0 Å². The highest BCUT2D eigenvalue weighted by Gasteiger charge is 2.39. The van der Waals surface area contributed by atoms with E-state index in [1.165, 1.54) is 6.42 Å². The maximum absolute atomic E-state index is 14.2. The molecule has 0 radical (unpaired) electrons. The van der Waals surface area contributed by atoms with Gasteiger partial charge in [0.15, 0.2) is 0 Å². The molecule has 82 valence electrons. The number of alkyl halides is 1. The highest BCUT2D eigenvalue weighted by Crippen LogP contribution is 2.41. The fourth-order valence-corrected chi connectivity index (χ4v) is 2.41. The molecule has 2 fully saturated rings. The molecule has 0 spiro atoms. The second-order valence-electron chi connectivity index (χ2n) is 4.84. The maximum atomic E-state index is 14.2. The van der Waals surface area contributed by atoms with Gasteiger partial charge in [0.1, 0.15) is 5.67 Å². The molecule has 1 aliphatic heterocycles. The fourth-order valence-electron chi connectivity index (χ4n) is 2.41. The van der Waals surface area contributed by atoms with Gasteiger partial charge in [-0.15, -0.1) is 0 Å². The highest BCUT2D eigenvalue weighted by molar-refractivity contribution is 4.91. The number of ether oxygens (including phenoxy) is 1. The summed E-state index contributed by atoms with van der Waals surface area (Å²) in [6, 6.07) is 0.222. The lowest BCUT2D eigenvalue weighted by Gasteiger charge is -2.39. The molecule has 0 bridgehead atoms. The first-order valence-electron chi connectivity index (χ1n) is 5.68. The Morgan fingerprint density at radius 3 is 2.79 bits per heavy atom. The Hall–Kier alpha value is -0.150. The third kappa shape index (κ3) is 2.26. The molecule has 0 amide bonds. The van der Waals surface area contributed by atoms with Crippen LogP contribution in [0.1, 0.15) is 32.6 Å². The summed E-state index contributed by atoms with van der Waals surface area (Å²) >= 11 is 0. The Labute approximate surface area is 85.2 Å². The Morgan fingerprint density at radius 1 is 1.50 bits per heavy atom. The topological polar surface area (TPSA) is 21.3 Å². The van der Waals surface area contributed by atoms with E-state index in [-0.39, 0.29) is 6.04 Å². The molecule has 2 aliphatic rings. The molecule has 2 rings (SSSR count). The van der Waals surface area contributed by atoms with Crippen LogP contribution in [0, 0.1) is 5.92 Å². The van der Waals surface area contributed by atoms with Crippen LogP contribution in [0.25, 0.3) is 0 Å². The van der Waals surface area contributed by atoms with Gasteiger partial charge < -0.3 is 10.1 Å². The van der Waals surface area contributed by atoms with E-state index in [1.807, 2.05) is 0 Å². The van der Waals surface area contributed by atoms with Gasteiger partial charge in [-0.3, -0.25) is 0 Å². The minimum absolute atomic E-state index is 0.222. The third-order valence-electron chi connectivity index (χ3n) is 3.60. The van der Waals surface area contributed by atoms with E-state index in [4.69, 9.17) is 4.74 Å². The first-order valence-corrected chi connectivity index (χ1v) is 5.68. The first kappa shape index (κ1) is 10.4. The van der Waals surface area contributed by atoms with E-state index in [0.29, 0.717) is 18.9 Å². The van der Waals surface area contributed by atoms with Crippen LogP contribution >= 0.6 is 0 Å². The summed E-state index contributed by atoms with van der Waals surface area (Å²) in [5.74, 6) is 0.297. The van der Waals surface area contributed by atoms with Gasteiger partial charge in [0, 0.05) is 12.6 Å². The lowest BCUT2D eigenvalue weighted by atomic mass is 9.72. The molecule has 2 atom stereocenters. The number of rotatable bonds is 3. The molecule has 1 aliphatic carbocycles. The number of halogens is 1. The van der Waals surface area contributed by atoms with E-state index in [9.17, 15) is 4.39 Å². The molecular weight excluding hydrogens is 181 g/mol. The standard InChI is InChI=1S/C11H20FNO/c1-11(12,9-3-2-4-9)7-10-8-14-6-5-13-10/h9-10,13H,2-8H2,1H3. The molecule has 2 unspecified atom stereocenters. The summed E-state index contributed by atoms with van der Waals surface area (Å²) < 4.78 is 19.6. The van der Waals surface area contributed by atoms with E-state index in [1.54, 1.807) is 6.92 Å². The zero-order valence-corrected chi connectivity index (χ0v) is 8.89. The van der Waals surface area contributed by atoms with Gasteiger partial charge >= 0.3 is 0 Å². The van der Waals surface area contributed by atoms with Gasteiger partial charge in [-0.2, -0.15) is 0 Å². The van der Waals surface area contributed by atoms with Crippen molar-refractivity contribution < 1.29 is 9.13 Å². The summed E-state index contributed by atoms with van der Waals surface area (Å²) in [7, 11) is 0. The van der Waals surface area contributed by atoms with Crippen molar-refractivity contribution in [3.63, 3.8) is 0 Å². The zero-order valence-electron chi connectivity index (χ0n) is 8.89. The van der Waals surface area contributed by atoms with Crippen LogP contribution < -0.4 is 5.32 Å². The minimum Gasteiger partial charge on any atom is -0.379 e. The van der Waals surface area contributed by atoms with Crippen molar-refractivity contribution in [2.75, 3.05) is 19.8 Å². The van der Waals surface area contributed by atoms with Crippen molar-refractivity contribution in [1.29, 1.82) is 0 Å². The van der Waals surface area contributed by atoms with Gasteiger partial charge in [-0.1, -0.05) is 6.42 Å². The summed E-state index contributed by atoms with van der Waals surface area (Å²) in [6.07, 6.45) is 3.96. The molecule has 1 N–H and O–H groups in total. The number of hydrogen-bond donors (Lipinski definition) is 1. The van der Waals surface area contributed by atoms with E-state index >= 15 is 0 Å². The Kier molecular flexibility index (Phi) is 3.07. The average molecular weight is 201 g/mol. The number of hydrogen-bond acceptors (Lipinski definition) is 2. The summed E-state index contributed by atoms with van der Waals surface area (Å²) in [6.45, 7) is 4.06. The van der Waals surface area contributed by atoms with E-state index in [0.717, 1.165) is 26.0 Å². The zero-order chi connectivity index (χ0) is 10.0. The van der Waals surface area contributed by atoms with Crippen molar-refractivity contribution in [2.45, 2.75) is 44.3 Å². The van der Waals surface area contributed by atoms with Gasteiger partial charge in [0.25, 0.3) is 0 Å². The van der Waals surface area contributed by atoms with Crippen molar-refractivity contribution in [2.24, 2.45) is 5.92 Å². The third-order valence-corrected chi connectivity index (χ3v) is 3.60. The molecule has 1 saturated heterocycles. The van der Waals surface area contributed by atoms with Crippen molar-refractivity contribution in [1.82, 2.24) is 5.32 Å². The van der Waals surface area contributed by atoms with Crippen LogP contribution in [0.5, 0.6) is 0 Å². The molecule has 3 heteroatoms. The van der Waals surface area contributed by atoms with Gasteiger partial charge in [-0.25, -0.2) is 4.39 Å². The molecule has 2 nitrogen and oxygen atoms in total. The molecule has 0 aromatic rings. The lowest BCUT2D eigenvalue weighted by Crippen LogP contribution is -2.47. The smallest absolute Gasteiger partial charge is 0.112 e. The minimum atomic E-state index is -0.989. The highest BCUT2D eigenvalue weighted by atomic mass is 19.1.